The summed E-state index contributed by atoms with van der Waals surface area (Å²) in [4.78, 5) is 0. The molecule has 0 amide bonds. The van der Waals surface area contributed by atoms with E-state index in [1.54, 1.807) is 11.5 Å². The van der Waals surface area contributed by atoms with Crippen molar-refractivity contribution in [2.24, 2.45) is 0 Å². The van der Waals surface area contributed by atoms with Gasteiger partial charge in [0.1, 0.15) is 0 Å². The minimum Gasteiger partial charge on any atom is -0.0933 e. The molecule has 0 heterocycles. The molecule has 0 saturated heterocycles. The van der Waals surface area contributed by atoms with Crippen molar-refractivity contribution < 1.29 is 0 Å². The van der Waals surface area contributed by atoms with Gasteiger partial charge >= 0.3 is 0 Å². The minimum absolute atomic E-state index is 1.11. The van der Waals surface area contributed by atoms with Gasteiger partial charge in [0, 0.05) is 5.54 Å². The Hall–Kier alpha value is 0.0300. The van der Waals surface area contributed by atoms with Gasteiger partial charge < -0.3 is 0 Å². The van der Waals surface area contributed by atoms with E-state index in [4.69, 9.17) is 11.6 Å². The second-order valence-electron chi connectivity index (χ2n) is 2.88. The molecular formula is C9H14Cl. The highest BCUT2D eigenvalue weighted by Crippen LogP contribution is 2.28. The Bertz CT molecular complexity index is 101. The Balaban J connectivity index is 2.13. The summed E-state index contributed by atoms with van der Waals surface area (Å²) in [5.74, 6) is 1.68. The molecule has 1 heteroatoms. The van der Waals surface area contributed by atoms with E-state index in [9.17, 15) is 0 Å². The van der Waals surface area contributed by atoms with E-state index in [1.807, 2.05) is 6.08 Å². The molecule has 0 atom stereocenters. The first kappa shape index (κ1) is 8.13. The minimum atomic E-state index is 1.11. The van der Waals surface area contributed by atoms with Gasteiger partial charge in [-0.25, -0.2) is 0 Å². The second-order valence-corrected chi connectivity index (χ2v) is 3.13. The quantitative estimate of drug-likeness (QED) is 0.574. The van der Waals surface area contributed by atoms with Gasteiger partial charge in [-0.15, -0.1) is 0 Å². The molecule has 0 aromatic carbocycles. The smallest absolute Gasteiger partial charge is 0.000266 e. The van der Waals surface area contributed by atoms with Crippen molar-refractivity contribution in [3.63, 3.8) is 0 Å². The van der Waals surface area contributed by atoms with Crippen LogP contribution in [0.1, 0.15) is 38.5 Å². The number of allylic oxidation sites excluding steroid dienone is 1. The predicted molar refractivity (Wildman–Crippen MR) is 45.9 cm³/mol. The Labute approximate surface area is 68.3 Å². The monoisotopic (exact) mass is 157 g/mol. The van der Waals surface area contributed by atoms with Gasteiger partial charge in [0.2, 0.25) is 0 Å². The SMILES string of the molecule is Cl/C=C/C[C]1CCCCC1. The Morgan fingerprint density at radius 2 is 1.90 bits per heavy atom. The molecule has 1 fully saturated rings. The zero-order valence-electron chi connectivity index (χ0n) is 6.28. The van der Waals surface area contributed by atoms with Crippen LogP contribution in [-0.2, 0) is 0 Å². The zero-order chi connectivity index (χ0) is 7.23. The van der Waals surface area contributed by atoms with Crippen LogP contribution in [0.15, 0.2) is 11.6 Å². The van der Waals surface area contributed by atoms with Crippen LogP contribution >= 0.6 is 11.6 Å². The van der Waals surface area contributed by atoms with Crippen LogP contribution in [0.4, 0.5) is 0 Å². The molecule has 0 unspecified atom stereocenters. The molecule has 57 valence electrons. The first-order chi connectivity index (χ1) is 4.93. The van der Waals surface area contributed by atoms with Crippen molar-refractivity contribution >= 4 is 11.6 Å². The molecule has 0 aromatic heterocycles. The van der Waals surface area contributed by atoms with Crippen molar-refractivity contribution in [1.82, 2.24) is 0 Å². The number of halogens is 1. The van der Waals surface area contributed by atoms with Crippen molar-refractivity contribution in [3.8, 4) is 0 Å². The summed E-state index contributed by atoms with van der Waals surface area (Å²) < 4.78 is 0. The standard InChI is InChI=1S/C9H14Cl/c10-8-4-7-9-5-2-1-3-6-9/h4,8H,1-3,5-7H2/b8-4+. The van der Waals surface area contributed by atoms with E-state index < -0.39 is 0 Å². The molecule has 0 bridgehead atoms. The lowest BCUT2D eigenvalue weighted by molar-refractivity contribution is 0.524. The molecule has 1 saturated carbocycles. The van der Waals surface area contributed by atoms with Crippen LogP contribution in [0.2, 0.25) is 0 Å². The summed E-state index contributed by atoms with van der Waals surface area (Å²) in [5.41, 5.74) is 1.63. The molecule has 1 aliphatic carbocycles. The van der Waals surface area contributed by atoms with Crippen molar-refractivity contribution in [3.05, 3.63) is 17.5 Å². The van der Waals surface area contributed by atoms with Gasteiger partial charge in [-0.2, -0.15) is 0 Å². The summed E-state index contributed by atoms with van der Waals surface area (Å²) in [6.45, 7) is 0. The molecule has 0 nitrogen and oxygen atoms in total. The molecule has 1 radical (unpaired) electrons. The van der Waals surface area contributed by atoms with Crippen LogP contribution in [-0.4, -0.2) is 0 Å². The summed E-state index contributed by atoms with van der Waals surface area (Å²) in [6, 6.07) is 0. The first-order valence-corrected chi connectivity index (χ1v) is 4.46. The van der Waals surface area contributed by atoms with Gasteiger partial charge in [-0.05, 0) is 25.2 Å². The fraction of sp³-hybridized carbons (Fsp3) is 0.667. The summed E-state index contributed by atoms with van der Waals surface area (Å²) in [5, 5.41) is 0. The predicted octanol–water partition coefficient (Wildman–Crippen LogP) is 3.67. The highest BCUT2D eigenvalue weighted by Gasteiger charge is 2.11. The van der Waals surface area contributed by atoms with Gasteiger partial charge in [0.15, 0.2) is 0 Å². The summed E-state index contributed by atoms with van der Waals surface area (Å²) >= 11 is 5.43. The average molecular weight is 158 g/mol. The van der Waals surface area contributed by atoms with E-state index in [1.165, 1.54) is 32.1 Å². The third kappa shape index (κ3) is 2.74. The topological polar surface area (TPSA) is 0 Å². The molecule has 1 rings (SSSR count). The molecule has 0 aliphatic heterocycles. The first-order valence-electron chi connectivity index (χ1n) is 4.02. The fourth-order valence-corrected chi connectivity index (χ4v) is 1.56. The van der Waals surface area contributed by atoms with Crippen molar-refractivity contribution in [2.45, 2.75) is 38.5 Å². The largest absolute Gasteiger partial charge is 0.0933 e. The van der Waals surface area contributed by atoms with Crippen LogP contribution in [0.25, 0.3) is 0 Å². The highest BCUT2D eigenvalue weighted by molar-refractivity contribution is 6.25. The third-order valence-corrected chi connectivity index (χ3v) is 2.23. The van der Waals surface area contributed by atoms with Crippen molar-refractivity contribution in [1.29, 1.82) is 0 Å². The summed E-state index contributed by atoms with van der Waals surface area (Å²) in [7, 11) is 0. The van der Waals surface area contributed by atoms with Crippen LogP contribution in [0, 0.1) is 5.92 Å². The highest BCUT2D eigenvalue weighted by atomic mass is 35.5. The van der Waals surface area contributed by atoms with Crippen LogP contribution in [0.3, 0.4) is 0 Å². The molecule has 1 aliphatic rings. The maximum absolute atomic E-state index is 5.43. The van der Waals surface area contributed by atoms with E-state index >= 15 is 0 Å². The molecule has 0 spiro atoms. The molecular weight excluding hydrogens is 144 g/mol. The fourth-order valence-electron chi connectivity index (χ4n) is 1.47. The maximum atomic E-state index is 5.43. The van der Waals surface area contributed by atoms with Gasteiger partial charge in [0.05, 0.1) is 0 Å². The van der Waals surface area contributed by atoms with E-state index in [0.717, 1.165) is 6.42 Å². The van der Waals surface area contributed by atoms with Crippen LogP contribution < -0.4 is 0 Å². The Kier molecular flexibility index (Phi) is 3.89. The zero-order valence-corrected chi connectivity index (χ0v) is 7.03. The van der Waals surface area contributed by atoms with E-state index in [-0.39, 0.29) is 0 Å². The van der Waals surface area contributed by atoms with Gasteiger partial charge in [-0.1, -0.05) is 36.9 Å². The Morgan fingerprint density at radius 3 is 2.50 bits per heavy atom. The average Bonchev–Trinajstić information content (AvgIpc) is 2.03. The number of hydrogen-bond acceptors (Lipinski definition) is 0. The maximum Gasteiger partial charge on any atom is 0.000266 e. The normalized spacial score (nSPS) is 22.1. The number of rotatable bonds is 2. The summed E-state index contributed by atoms with van der Waals surface area (Å²) in [6.07, 6.45) is 10.0. The number of hydrogen-bond donors (Lipinski definition) is 0. The molecule has 10 heavy (non-hydrogen) atoms. The van der Waals surface area contributed by atoms with Crippen LogP contribution in [0.5, 0.6) is 0 Å². The Morgan fingerprint density at radius 1 is 1.20 bits per heavy atom. The van der Waals surface area contributed by atoms with E-state index in [2.05, 4.69) is 0 Å². The van der Waals surface area contributed by atoms with Gasteiger partial charge in [0.25, 0.3) is 0 Å². The van der Waals surface area contributed by atoms with Crippen molar-refractivity contribution in [2.75, 3.05) is 0 Å². The lowest BCUT2D eigenvalue weighted by Gasteiger charge is -2.18. The second kappa shape index (κ2) is 4.79. The van der Waals surface area contributed by atoms with E-state index in [0.29, 0.717) is 0 Å². The molecule has 0 aromatic rings. The lowest BCUT2D eigenvalue weighted by atomic mass is 9.87. The van der Waals surface area contributed by atoms with Gasteiger partial charge in [-0.3, -0.25) is 0 Å². The third-order valence-electron chi connectivity index (χ3n) is 2.06. The lowest BCUT2D eigenvalue weighted by Crippen LogP contribution is -2.01. The molecule has 0 N–H and O–H groups in total.